The lowest BCUT2D eigenvalue weighted by molar-refractivity contribution is 0.218. The molecule has 1 atom stereocenters. The van der Waals surface area contributed by atoms with Crippen LogP contribution in [0.5, 0.6) is 0 Å². The summed E-state index contributed by atoms with van der Waals surface area (Å²) in [7, 11) is -2.87. The predicted molar refractivity (Wildman–Crippen MR) is 77.5 cm³/mol. The van der Waals surface area contributed by atoms with Crippen molar-refractivity contribution in [3.05, 3.63) is 0 Å². The summed E-state index contributed by atoms with van der Waals surface area (Å²) in [4.78, 5) is 0. The molecule has 0 spiro atoms. The van der Waals surface area contributed by atoms with Gasteiger partial charge in [0.1, 0.15) is 9.84 Å². The second-order valence-corrected chi connectivity index (χ2v) is 8.86. The van der Waals surface area contributed by atoms with Crippen molar-refractivity contribution in [1.29, 1.82) is 0 Å². The molecule has 1 saturated carbocycles. The normalized spacial score (nSPS) is 21.4. The fourth-order valence-electron chi connectivity index (χ4n) is 3.35. The van der Waals surface area contributed by atoms with E-state index in [2.05, 4.69) is 19.2 Å². The molecule has 1 unspecified atom stereocenters. The standard InChI is InChI=1S/C14H29NO2S/c1-12(2)9-14(7-5-6-8-14)11-15-13(3)10-18(4,16)17/h12-13,15H,5-11H2,1-4H3. The van der Waals surface area contributed by atoms with Gasteiger partial charge >= 0.3 is 0 Å². The summed E-state index contributed by atoms with van der Waals surface area (Å²) in [5.74, 6) is 0.959. The number of hydrogen-bond acceptors (Lipinski definition) is 3. The maximum absolute atomic E-state index is 11.3. The minimum Gasteiger partial charge on any atom is -0.313 e. The Hall–Kier alpha value is -0.0900. The second-order valence-electron chi connectivity index (χ2n) is 6.68. The van der Waals surface area contributed by atoms with Crippen molar-refractivity contribution in [2.75, 3.05) is 18.6 Å². The molecule has 0 aliphatic heterocycles. The molecule has 18 heavy (non-hydrogen) atoms. The molecule has 1 fully saturated rings. The van der Waals surface area contributed by atoms with Crippen LogP contribution in [0.4, 0.5) is 0 Å². The lowest BCUT2D eigenvalue weighted by atomic mass is 9.78. The molecule has 4 heteroatoms. The van der Waals surface area contributed by atoms with Crippen molar-refractivity contribution in [2.24, 2.45) is 11.3 Å². The van der Waals surface area contributed by atoms with Gasteiger partial charge in [0.25, 0.3) is 0 Å². The highest BCUT2D eigenvalue weighted by atomic mass is 32.2. The first-order chi connectivity index (χ1) is 8.22. The van der Waals surface area contributed by atoms with Gasteiger partial charge in [-0.3, -0.25) is 0 Å². The number of nitrogens with one attached hydrogen (secondary N) is 1. The Bertz CT molecular complexity index is 343. The maximum atomic E-state index is 11.3. The third-order valence-electron chi connectivity index (χ3n) is 3.88. The minimum atomic E-state index is -2.87. The molecule has 0 radical (unpaired) electrons. The molecule has 1 N–H and O–H groups in total. The summed E-state index contributed by atoms with van der Waals surface area (Å²) in [5, 5.41) is 3.45. The third-order valence-corrected chi connectivity index (χ3v) is 4.99. The molecule has 0 aromatic rings. The summed E-state index contributed by atoms with van der Waals surface area (Å²) in [6, 6.07) is 0.0598. The van der Waals surface area contributed by atoms with Crippen molar-refractivity contribution in [3.8, 4) is 0 Å². The first-order valence-corrected chi connectivity index (χ1v) is 9.20. The van der Waals surface area contributed by atoms with E-state index in [4.69, 9.17) is 0 Å². The van der Waals surface area contributed by atoms with Crippen LogP contribution in [0.2, 0.25) is 0 Å². The molecule has 0 amide bonds. The van der Waals surface area contributed by atoms with E-state index in [1.54, 1.807) is 0 Å². The topological polar surface area (TPSA) is 46.2 Å². The van der Waals surface area contributed by atoms with Gasteiger partial charge in [0.2, 0.25) is 0 Å². The third kappa shape index (κ3) is 5.70. The van der Waals surface area contributed by atoms with E-state index in [1.165, 1.54) is 38.4 Å². The first kappa shape index (κ1) is 16.0. The molecule has 0 heterocycles. The van der Waals surface area contributed by atoms with Crippen molar-refractivity contribution in [1.82, 2.24) is 5.32 Å². The quantitative estimate of drug-likeness (QED) is 0.777. The molecule has 0 bridgehead atoms. The Morgan fingerprint density at radius 1 is 1.17 bits per heavy atom. The van der Waals surface area contributed by atoms with E-state index >= 15 is 0 Å². The molecular formula is C14H29NO2S. The van der Waals surface area contributed by atoms with Crippen LogP contribution in [0.3, 0.4) is 0 Å². The monoisotopic (exact) mass is 275 g/mol. The van der Waals surface area contributed by atoms with E-state index in [0.717, 1.165) is 12.5 Å². The van der Waals surface area contributed by atoms with Crippen LogP contribution in [0, 0.1) is 11.3 Å². The molecule has 1 aliphatic rings. The van der Waals surface area contributed by atoms with E-state index in [-0.39, 0.29) is 11.8 Å². The minimum absolute atomic E-state index is 0.0598. The van der Waals surface area contributed by atoms with Gasteiger partial charge in [0.15, 0.2) is 0 Å². The van der Waals surface area contributed by atoms with Crippen molar-refractivity contribution >= 4 is 9.84 Å². The number of hydrogen-bond donors (Lipinski definition) is 1. The van der Waals surface area contributed by atoms with Gasteiger partial charge in [-0.05, 0) is 37.5 Å². The average molecular weight is 275 g/mol. The van der Waals surface area contributed by atoms with Crippen LogP contribution in [0.15, 0.2) is 0 Å². The van der Waals surface area contributed by atoms with Crippen LogP contribution < -0.4 is 5.32 Å². The van der Waals surface area contributed by atoms with Crippen molar-refractivity contribution in [3.63, 3.8) is 0 Å². The number of rotatable bonds is 7. The Labute approximate surface area is 113 Å². The second kappa shape index (κ2) is 6.38. The highest BCUT2D eigenvalue weighted by molar-refractivity contribution is 7.90. The van der Waals surface area contributed by atoms with Crippen LogP contribution in [0.25, 0.3) is 0 Å². The van der Waals surface area contributed by atoms with E-state index < -0.39 is 9.84 Å². The highest BCUT2D eigenvalue weighted by Crippen LogP contribution is 2.42. The van der Waals surface area contributed by atoms with Gasteiger partial charge in [-0.2, -0.15) is 0 Å². The van der Waals surface area contributed by atoms with Gasteiger partial charge < -0.3 is 5.32 Å². The Kier molecular flexibility index (Phi) is 5.66. The fourth-order valence-corrected chi connectivity index (χ4v) is 4.37. The molecule has 0 aromatic heterocycles. The summed E-state index contributed by atoms with van der Waals surface area (Å²) in [5.41, 5.74) is 0.417. The summed E-state index contributed by atoms with van der Waals surface area (Å²) in [6.07, 6.45) is 7.81. The molecule has 1 aliphatic carbocycles. The fraction of sp³-hybridized carbons (Fsp3) is 1.00. The largest absolute Gasteiger partial charge is 0.313 e. The highest BCUT2D eigenvalue weighted by Gasteiger charge is 2.34. The lowest BCUT2D eigenvalue weighted by Crippen LogP contribution is -2.40. The molecular weight excluding hydrogens is 246 g/mol. The summed E-state index contributed by atoms with van der Waals surface area (Å²) in [6.45, 7) is 7.50. The van der Waals surface area contributed by atoms with Crippen LogP contribution in [-0.2, 0) is 9.84 Å². The molecule has 108 valence electrons. The summed E-state index contributed by atoms with van der Waals surface area (Å²) < 4.78 is 22.5. The predicted octanol–water partition coefficient (Wildman–Crippen LogP) is 2.62. The molecule has 1 rings (SSSR count). The molecule has 3 nitrogen and oxygen atoms in total. The summed E-state index contributed by atoms with van der Waals surface area (Å²) >= 11 is 0. The van der Waals surface area contributed by atoms with E-state index in [1.807, 2.05) is 6.92 Å². The Balaban J connectivity index is 2.47. The van der Waals surface area contributed by atoms with Crippen LogP contribution >= 0.6 is 0 Å². The van der Waals surface area contributed by atoms with Gasteiger partial charge in [0, 0.05) is 18.8 Å². The Morgan fingerprint density at radius 2 is 1.72 bits per heavy atom. The zero-order chi connectivity index (χ0) is 13.8. The SMILES string of the molecule is CC(C)CC1(CNC(C)CS(C)(=O)=O)CCCC1. The lowest BCUT2D eigenvalue weighted by Gasteiger charge is -2.32. The zero-order valence-electron chi connectivity index (χ0n) is 12.3. The number of sulfone groups is 1. The van der Waals surface area contributed by atoms with Gasteiger partial charge in [0.05, 0.1) is 5.75 Å². The molecule has 0 saturated heterocycles. The van der Waals surface area contributed by atoms with Gasteiger partial charge in [-0.25, -0.2) is 8.42 Å². The van der Waals surface area contributed by atoms with Crippen LogP contribution in [0.1, 0.15) is 52.9 Å². The smallest absolute Gasteiger partial charge is 0.148 e. The Morgan fingerprint density at radius 3 is 2.17 bits per heavy atom. The van der Waals surface area contributed by atoms with Crippen LogP contribution in [-0.4, -0.2) is 33.0 Å². The zero-order valence-corrected chi connectivity index (χ0v) is 13.1. The van der Waals surface area contributed by atoms with E-state index in [0.29, 0.717) is 5.41 Å². The van der Waals surface area contributed by atoms with Crippen molar-refractivity contribution < 1.29 is 8.42 Å². The van der Waals surface area contributed by atoms with Gasteiger partial charge in [-0.1, -0.05) is 26.7 Å². The van der Waals surface area contributed by atoms with Crippen molar-refractivity contribution in [2.45, 2.75) is 58.9 Å². The molecule has 0 aromatic carbocycles. The van der Waals surface area contributed by atoms with Gasteiger partial charge in [-0.15, -0.1) is 0 Å². The maximum Gasteiger partial charge on any atom is 0.148 e. The average Bonchev–Trinajstić information content (AvgIpc) is 2.60. The van der Waals surface area contributed by atoms with E-state index in [9.17, 15) is 8.42 Å². The first-order valence-electron chi connectivity index (χ1n) is 7.14.